The van der Waals surface area contributed by atoms with Crippen molar-refractivity contribution in [2.24, 2.45) is 0 Å². The molecular formula is C17H30N2O. The Labute approximate surface area is 124 Å². The van der Waals surface area contributed by atoms with Gasteiger partial charge in [0.25, 0.3) is 0 Å². The Kier molecular flexibility index (Phi) is 8.51. The van der Waals surface area contributed by atoms with Gasteiger partial charge in [0.05, 0.1) is 6.61 Å². The molecular weight excluding hydrogens is 248 g/mol. The van der Waals surface area contributed by atoms with E-state index in [2.05, 4.69) is 55.3 Å². The van der Waals surface area contributed by atoms with Crippen LogP contribution < -0.4 is 5.32 Å². The number of rotatable bonds is 10. The largest absolute Gasteiger partial charge is 0.380 e. The minimum absolute atomic E-state index is 0.386. The van der Waals surface area contributed by atoms with Crippen LogP contribution in [0.4, 0.5) is 0 Å². The number of nitrogens with one attached hydrogen (secondary N) is 1. The van der Waals surface area contributed by atoms with Crippen LogP contribution >= 0.6 is 0 Å². The zero-order valence-corrected chi connectivity index (χ0v) is 13.5. The highest BCUT2D eigenvalue weighted by molar-refractivity contribution is 5.27. The normalized spacial score (nSPS) is 12.8. The Balaban J connectivity index is 2.56. The molecule has 0 saturated carbocycles. The number of ether oxygens (including phenoxy) is 1. The van der Waals surface area contributed by atoms with Crippen molar-refractivity contribution in [1.82, 2.24) is 10.2 Å². The van der Waals surface area contributed by atoms with Crippen LogP contribution in [0, 0.1) is 0 Å². The van der Waals surface area contributed by atoms with Crippen LogP contribution in [0.3, 0.4) is 0 Å². The molecule has 114 valence electrons. The molecule has 0 heterocycles. The molecule has 0 amide bonds. The molecule has 20 heavy (non-hydrogen) atoms. The van der Waals surface area contributed by atoms with Gasteiger partial charge in [-0.3, -0.25) is 4.90 Å². The summed E-state index contributed by atoms with van der Waals surface area (Å²) in [6.07, 6.45) is 0. The van der Waals surface area contributed by atoms with Crippen molar-refractivity contribution < 1.29 is 4.74 Å². The van der Waals surface area contributed by atoms with Crippen molar-refractivity contribution in [2.75, 3.05) is 26.3 Å². The third-order valence-corrected chi connectivity index (χ3v) is 3.62. The fourth-order valence-corrected chi connectivity index (χ4v) is 2.21. The van der Waals surface area contributed by atoms with E-state index >= 15 is 0 Å². The third kappa shape index (κ3) is 6.04. The number of benzene rings is 1. The van der Waals surface area contributed by atoms with Crippen LogP contribution in [0.25, 0.3) is 0 Å². The van der Waals surface area contributed by atoms with Gasteiger partial charge in [-0.15, -0.1) is 0 Å². The second kappa shape index (κ2) is 9.92. The molecule has 0 saturated heterocycles. The van der Waals surface area contributed by atoms with Gasteiger partial charge in [-0.25, -0.2) is 0 Å². The highest BCUT2D eigenvalue weighted by atomic mass is 16.5. The molecule has 0 aliphatic rings. The lowest BCUT2D eigenvalue weighted by Gasteiger charge is -2.21. The zero-order valence-electron chi connectivity index (χ0n) is 13.5. The second-order valence-corrected chi connectivity index (χ2v) is 5.17. The highest BCUT2D eigenvalue weighted by Crippen LogP contribution is 2.12. The first-order chi connectivity index (χ1) is 9.71. The van der Waals surface area contributed by atoms with E-state index in [1.807, 2.05) is 6.92 Å². The summed E-state index contributed by atoms with van der Waals surface area (Å²) in [4.78, 5) is 2.45. The van der Waals surface area contributed by atoms with Crippen LogP contribution in [0.1, 0.15) is 38.8 Å². The molecule has 0 fully saturated rings. The molecule has 0 aliphatic heterocycles. The SMILES string of the molecule is CCOCC(C)NCc1ccccc1CN(CC)CC. The maximum absolute atomic E-state index is 5.44. The fourth-order valence-electron chi connectivity index (χ4n) is 2.21. The summed E-state index contributed by atoms with van der Waals surface area (Å²) in [5, 5.41) is 3.54. The minimum atomic E-state index is 0.386. The summed E-state index contributed by atoms with van der Waals surface area (Å²) < 4.78 is 5.44. The fraction of sp³-hybridized carbons (Fsp3) is 0.647. The van der Waals surface area contributed by atoms with Crippen molar-refractivity contribution in [3.63, 3.8) is 0 Å². The summed E-state index contributed by atoms with van der Waals surface area (Å²) in [5.74, 6) is 0. The molecule has 0 bridgehead atoms. The Morgan fingerprint density at radius 1 is 1.10 bits per heavy atom. The van der Waals surface area contributed by atoms with Crippen LogP contribution in [0.15, 0.2) is 24.3 Å². The van der Waals surface area contributed by atoms with E-state index in [4.69, 9.17) is 4.74 Å². The molecule has 3 nitrogen and oxygen atoms in total. The third-order valence-electron chi connectivity index (χ3n) is 3.62. The molecule has 0 radical (unpaired) electrons. The lowest BCUT2D eigenvalue weighted by Crippen LogP contribution is -2.31. The Morgan fingerprint density at radius 2 is 1.75 bits per heavy atom. The quantitative estimate of drug-likeness (QED) is 0.712. The van der Waals surface area contributed by atoms with E-state index in [-0.39, 0.29) is 0 Å². The predicted molar refractivity (Wildman–Crippen MR) is 85.9 cm³/mol. The topological polar surface area (TPSA) is 24.5 Å². The van der Waals surface area contributed by atoms with Gasteiger partial charge in [-0.2, -0.15) is 0 Å². The van der Waals surface area contributed by atoms with Gasteiger partial charge in [0.1, 0.15) is 0 Å². The summed E-state index contributed by atoms with van der Waals surface area (Å²) in [7, 11) is 0. The smallest absolute Gasteiger partial charge is 0.0616 e. The number of hydrogen-bond donors (Lipinski definition) is 1. The average molecular weight is 278 g/mol. The summed E-state index contributed by atoms with van der Waals surface area (Å²) >= 11 is 0. The molecule has 1 unspecified atom stereocenters. The first-order valence-corrected chi connectivity index (χ1v) is 7.81. The lowest BCUT2D eigenvalue weighted by atomic mass is 10.1. The Bertz CT molecular complexity index is 364. The number of hydrogen-bond acceptors (Lipinski definition) is 3. The van der Waals surface area contributed by atoms with Crippen LogP contribution in [0.2, 0.25) is 0 Å². The van der Waals surface area contributed by atoms with E-state index in [1.165, 1.54) is 11.1 Å². The molecule has 1 atom stereocenters. The zero-order chi connectivity index (χ0) is 14.8. The van der Waals surface area contributed by atoms with Gasteiger partial charge >= 0.3 is 0 Å². The van der Waals surface area contributed by atoms with Crippen LogP contribution in [0.5, 0.6) is 0 Å². The van der Waals surface area contributed by atoms with Gasteiger partial charge in [-0.05, 0) is 38.1 Å². The standard InChI is InChI=1S/C17H30N2O/c1-5-19(6-2)13-17-11-9-8-10-16(17)12-18-15(4)14-20-7-3/h8-11,15,18H,5-7,12-14H2,1-4H3. The van der Waals surface area contributed by atoms with E-state index in [0.29, 0.717) is 6.04 Å². The van der Waals surface area contributed by atoms with Crippen LogP contribution in [-0.4, -0.2) is 37.2 Å². The van der Waals surface area contributed by atoms with E-state index < -0.39 is 0 Å². The lowest BCUT2D eigenvalue weighted by molar-refractivity contribution is 0.127. The maximum Gasteiger partial charge on any atom is 0.0616 e. The van der Waals surface area contributed by atoms with Crippen molar-refractivity contribution in [2.45, 2.75) is 46.8 Å². The highest BCUT2D eigenvalue weighted by Gasteiger charge is 2.07. The van der Waals surface area contributed by atoms with Gasteiger partial charge < -0.3 is 10.1 Å². The Hall–Kier alpha value is -0.900. The number of nitrogens with zero attached hydrogens (tertiary/aromatic N) is 1. The average Bonchev–Trinajstić information content (AvgIpc) is 2.49. The van der Waals surface area contributed by atoms with Gasteiger partial charge in [0.15, 0.2) is 0 Å². The molecule has 3 heteroatoms. The maximum atomic E-state index is 5.44. The molecule has 1 aromatic rings. The molecule has 1 aromatic carbocycles. The minimum Gasteiger partial charge on any atom is -0.380 e. The van der Waals surface area contributed by atoms with Gasteiger partial charge in [0, 0.05) is 25.7 Å². The first kappa shape index (κ1) is 17.2. The molecule has 1 N–H and O–H groups in total. The van der Waals surface area contributed by atoms with Gasteiger partial charge in [0.2, 0.25) is 0 Å². The van der Waals surface area contributed by atoms with Crippen molar-refractivity contribution >= 4 is 0 Å². The molecule has 0 aliphatic carbocycles. The van der Waals surface area contributed by atoms with Crippen LogP contribution in [-0.2, 0) is 17.8 Å². The van der Waals surface area contributed by atoms with E-state index in [9.17, 15) is 0 Å². The second-order valence-electron chi connectivity index (χ2n) is 5.17. The van der Waals surface area contributed by atoms with Gasteiger partial charge in [-0.1, -0.05) is 38.1 Å². The van der Waals surface area contributed by atoms with Crippen molar-refractivity contribution in [1.29, 1.82) is 0 Å². The molecule has 0 aromatic heterocycles. The van der Waals surface area contributed by atoms with Crippen molar-refractivity contribution in [3.8, 4) is 0 Å². The van der Waals surface area contributed by atoms with Crippen molar-refractivity contribution in [3.05, 3.63) is 35.4 Å². The predicted octanol–water partition coefficient (Wildman–Crippen LogP) is 3.04. The van der Waals surface area contributed by atoms with E-state index in [1.54, 1.807) is 0 Å². The summed E-state index contributed by atoms with van der Waals surface area (Å²) in [5.41, 5.74) is 2.81. The summed E-state index contributed by atoms with van der Waals surface area (Å²) in [6.45, 7) is 14.3. The summed E-state index contributed by atoms with van der Waals surface area (Å²) in [6, 6.07) is 9.10. The monoisotopic (exact) mass is 278 g/mol. The van der Waals surface area contributed by atoms with E-state index in [0.717, 1.165) is 39.4 Å². The Morgan fingerprint density at radius 3 is 2.35 bits per heavy atom. The molecule has 1 rings (SSSR count). The first-order valence-electron chi connectivity index (χ1n) is 7.81. The molecule has 0 spiro atoms.